The molecule has 0 unspecified atom stereocenters. The molecule has 2 nitrogen and oxygen atoms in total. The van der Waals surface area contributed by atoms with Crippen LogP contribution in [0.3, 0.4) is 0 Å². The maximum absolute atomic E-state index is 13.4. The lowest BCUT2D eigenvalue weighted by Crippen LogP contribution is -2.19. The monoisotopic (exact) mass is 203 g/mol. The van der Waals surface area contributed by atoms with Crippen LogP contribution >= 0.6 is 0 Å². The van der Waals surface area contributed by atoms with E-state index in [0.29, 0.717) is 5.69 Å². The highest BCUT2D eigenvalue weighted by molar-refractivity contribution is 5.34. The molecule has 0 aliphatic carbocycles. The number of pyridine rings is 1. The molecular weight excluding hydrogens is 193 g/mol. The van der Waals surface area contributed by atoms with Crippen molar-refractivity contribution >= 4 is 0 Å². The lowest BCUT2D eigenvalue weighted by Gasteiger charge is -2.06. The predicted molar refractivity (Wildman–Crippen MR) is 56.7 cm³/mol. The molecule has 0 bridgehead atoms. The van der Waals surface area contributed by atoms with E-state index in [1.165, 1.54) is 18.2 Å². The minimum absolute atomic E-state index is 0.362. The number of rotatable bonds is 1. The quantitative estimate of drug-likeness (QED) is 0.652. The normalized spacial score (nSPS) is 10.3. The van der Waals surface area contributed by atoms with Crippen LogP contribution in [0, 0.1) is 12.9 Å². The molecule has 0 saturated heterocycles. The summed E-state index contributed by atoms with van der Waals surface area (Å²) in [5.41, 5.74) is 1.26. The first-order valence-electron chi connectivity index (χ1n) is 4.63. The van der Waals surface area contributed by atoms with Crippen LogP contribution in [0.1, 0.15) is 5.56 Å². The minimum atomic E-state index is -0.550. The fraction of sp³-hybridized carbons (Fsp3) is 0.0833. The van der Waals surface area contributed by atoms with Gasteiger partial charge in [-0.15, -0.1) is 0 Å². The van der Waals surface area contributed by atoms with Gasteiger partial charge in [0.1, 0.15) is 0 Å². The Morgan fingerprint density at radius 2 is 1.73 bits per heavy atom. The molecule has 0 aliphatic rings. The molecule has 76 valence electrons. The van der Waals surface area contributed by atoms with Crippen molar-refractivity contribution in [2.75, 3.05) is 0 Å². The molecule has 0 atom stereocenters. The van der Waals surface area contributed by atoms with Gasteiger partial charge in [-0.25, -0.2) is 0 Å². The number of hydrogen-bond donors (Lipinski definition) is 0. The van der Waals surface area contributed by atoms with Crippen LogP contribution in [0.25, 0.3) is 5.69 Å². The molecule has 15 heavy (non-hydrogen) atoms. The van der Waals surface area contributed by atoms with Crippen LogP contribution < -0.4 is 5.56 Å². The van der Waals surface area contributed by atoms with Crippen LogP contribution in [-0.2, 0) is 0 Å². The van der Waals surface area contributed by atoms with Crippen molar-refractivity contribution in [3.8, 4) is 5.69 Å². The molecule has 2 aromatic rings. The number of benzene rings is 1. The van der Waals surface area contributed by atoms with Gasteiger partial charge in [0.2, 0.25) is 5.95 Å². The van der Waals surface area contributed by atoms with Gasteiger partial charge < -0.3 is 0 Å². The topological polar surface area (TPSA) is 22.0 Å². The number of aromatic nitrogens is 1. The summed E-state index contributed by atoms with van der Waals surface area (Å²) in [7, 11) is 0. The fourth-order valence-electron chi connectivity index (χ4n) is 1.41. The molecule has 1 aromatic heterocycles. The van der Waals surface area contributed by atoms with Crippen molar-refractivity contribution in [2.24, 2.45) is 0 Å². The van der Waals surface area contributed by atoms with Crippen molar-refractivity contribution in [1.82, 2.24) is 4.57 Å². The van der Waals surface area contributed by atoms with Gasteiger partial charge >= 0.3 is 0 Å². The van der Waals surface area contributed by atoms with Gasteiger partial charge in [0.15, 0.2) is 0 Å². The zero-order valence-corrected chi connectivity index (χ0v) is 8.27. The van der Waals surface area contributed by atoms with E-state index in [0.717, 1.165) is 10.1 Å². The number of hydrogen-bond acceptors (Lipinski definition) is 1. The van der Waals surface area contributed by atoms with E-state index >= 15 is 0 Å². The van der Waals surface area contributed by atoms with Crippen molar-refractivity contribution in [1.29, 1.82) is 0 Å². The van der Waals surface area contributed by atoms with E-state index in [-0.39, 0.29) is 5.56 Å². The molecule has 0 amide bonds. The molecule has 0 radical (unpaired) electrons. The fourth-order valence-corrected chi connectivity index (χ4v) is 1.41. The van der Waals surface area contributed by atoms with Crippen LogP contribution in [0.15, 0.2) is 47.3 Å². The summed E-state index contributed by atoms with van der Waals surface area (Å²) in [5.74, 6) is -0.550. The highest BCUT2D eigenvalue weighted by Gasteiger charge is 2.03. The zero-order valence-electron chi connectivity index (χ0n) is 8.27. The first kappa shape index (κ1) is 9.65. The van der Waals surface area contributed by atoms with Gasteiger partial charge in [0.05, 0.1) is 5.69 Å². The van der Waals surface area contributed by atoms with Gasteiger partial charge in [-0.3, -0.25) is 9.36 Å². The van der Waals surface area contributed by atoms with E-state index in [4.69, 9.17) is 0 Å². The van der Waals surface area contributed by atoms with Crippen molar-refractivity contribution in [3.05, 3.63) is 64.3 Å². The third-order valence-corrected chi connectivity index (χ3v) is 2.20. The Balaban J connectivity index is 2.64. The van der Waals surface area contributed by atoms with E-state index in [1.807, 2.05) is 19.1 Å². The lowest BCUT2D eigenvalue weighted by atomic mass is 10.2. The Labute approximate surface area is 86.6 Å². The summed E-state index contributed by atoms with van der Waals surface area (Å²) in [4.78, 5) is 11.4. The summed E-state index contributed by atoms with van der Waals surface area (Å²) in [5, 5.41) is 0. The van der Waals surface area contributed by atoms with Crippen molar-refractivity contribution in [2.45, 2.75) is 6.92 Å². The Bertz CT molecular complexity index is 528. The third kappa shape index (κ3) is 1.81. The molecule has 0 N–H and O–H groups in total. The number of halogens is 1. The van der Waals surface area contributed by atoms with Gasteiger partial charge in [-0.2, -0.15) is 4.39 Å². The third-order valence-electron chi connectivity index (χ3n) is 2.20. The molecule has 0 saturated carbocycles. The smallest absolute Gasteiger partial charge is 0.257 e. The van der Waals surface area contributed by atoms with Crippen LogP contribution in [0.5, 0.6) is 0 Å². The van der Waals surface area contributed by atoms with Gasteiger partial charge in [-0.05, 0) is 25.1 Å². The summed E-state index contributed by atoms with van der Waals surface area (Å²) in [6, 6.07) is 11.1. The second-order valence-electron chi connectivity index (χ2n) is 3.36. The van der Waals surface area contributed by atoms with Gasteiger partial charge in [0, 0.05) is 6.07 Å². The predicted octanol–water partition coefficient (Wildman–Crippen LogP) is 2.29. The molecule has 0 fully saturated rings. The molecule has 0 aliphatic heterocycles. The average molecular weight is 203 g/mol. The van der Waals surface area contributed by atoms with Gasteiger partial charge in [0.25, 0.3) is 5.56 Å². The van der Waals surface area contributed by atoms with E-state index in [1.54, 1.807) is 12.1 Å². The first-order chi connectivity index (χ1) is 7.18. The first-order valence-corrected chi connectivity index (χ1v) is 4.63. The Kier molecular flexibility index (Phi) is 2.37. The van der Waals surface area contributed by atoms with Crippen molar-refractivity contribution in [3.63, 3.8) is 0 Å². The second kappa shape index (κ2) is 3.69. The van der Waals surface area contributed by atoms with E-state index < -0.39 is 5.95 Å². The zero-order chi connectivity index (χ0) is 10.8. The largest absolute Gasteiger partial charge is 0.269 e. The molecule has 2 rings (SSSR count). The van der Waals surface area contributed by atoms with Crippen LogP contribution in [0.2, 0.25) is 0 Å². The summed E-state index contributed by atoms with van der Waals surface area (Å²) < 4.78 is 14.4. The summed E-state index contributed by atoms with van der Waals surface area (Å²) in [6.45, 7) is 1.94. The molecule has 3 heteroatoms. The molecule has 0 spiro atoms. The maximum atomic E-state index is 13.4. The molecule has 1 heterocycles. The van der Waals surface area contributed by atoms with Crippen LogP contribution in [-0.4, -0.2) is 4.57 Å². The maximum Gasteiger partial charge on any atom is 0.257 e. The SMILES string of the molecule is Cc1ccc(-n2c(F)cccc2=O)cc1. The van der Waals surface area contributed by atoms with Crippen LogP contribution in [0.4, 0.5) is 4.39 Å². The Hall–Kier alpha value is -1.90. The van der Waals surface area contributed by atoms with E-state index in [9.17, 15) is 9.18 Å². The highest BCUT2D eigenvalue weighted by atomic mass is 19.1. The van der Waals surface area contributed by atoms with Gasteiger partial charge in [-0.1, -0.05) is 23.8 Å². The molecule has 1 aromatic carbocycles. The Morgan fingerprint density at radius 1 is 1.07 bits per heavy atom. The number of aryl methyl sites for hydroxylation is 1. The molecular formula is C12H10FNO. The number of nitrogens with zero attached hydrogens (tertiary/aromatic N) is 1. The highest BCUT2D eigenvalue weighted by Crippen LogP contribution is 2.08. The average Bonchev–Trinajstić information content (AvgIpc) is 2.20. The second-order valence-corrected chi connectivity index (χ2v) is 3.36. The standard InChI is InChI=1S/C12H10FNO/c1-9-5-7-10(8-6-9)14-11(13)3-2-4-12(14)15/h2-8H,1H3. The van der Waals surface area contributed by atoms with E-state index in [2.05, 4.69) is 0 Å². The summed E-state index contributed by atoms with van der Waals surface area (Å²) in [6.07, 6.45) is 0. The minimum Gasteiger partial charge on any atom is -0.269 e. The summed E-state index contributed by atoms with van der Waals surface area (Å²) >= 11 is 0. The lowest BCUT2D eigenvalue weighted by molar-refractivity contribution is 0.543. The Morgan fingerprint density at radius 3 is 2.33 bits per heavy atom. The van der Waals surface area contributed by atoms with Crippen molar-refractivity contribution < 1.29 is 4.39 Å².